The summed E-state index contributed by atoms with van der Waals surface area (Å²) in [5.74, 6) is -0.598. The van der Waals surface area contributed by atoms with Gasteiger partial charge in [-0.3, -0.25) is 4.79 Å². The normalized spacial score (nSPS) is 13.4. The zero-order valence-electron chi connectivity index (χ0n) is 13.1. The van der Waals surface area contributed by atoms with Gasteiger partial charge >= 0.3 is 5.97 Å². The average molecular weight is 289 g/mol. The highest BCUT2D eigenvalue weighted by Gasteiger charge is 2.24. The molecule has 2 aromatic rings. The SMILES string of the molecule is C[C@@H](C(=O)OCC(C)(C)CO)c1cc2ccccc2n1C. The summed E-state index contributed by atoms with van der Waals surface area (Å²) in [5.41, 5.74) is 1.62. The number of aliphatic hydroxyl groups excluding tert-OH is 1. The highest BCUT2D eigenvalue weighted by molar-refractivity contribution is 5.85. The number of esters is 1. The van der Waals surface area contributed by atoms with Gasteiger partial charge in [0.05, 0.1) is 19.1 Å². The number of aromatic nitrogens is 1. The smallest absolute Gasteiger partial charge is 0.314 e. The number of carbonyl (C=O) groups excluding carboxylic acids is 1. The quantitative estimate of drug-likeness (QED) is 0.861. The predicted octanol–water partition coefficient (Wildman–Crippen LogP) is 2.84. The van der Waals surface area contributed by atoms with Crippen LogP contribution < -0.4 is 0 Å². The molecule has 1 aromatic carbocycles. The fraction of sp³-hybridized carbons (Fsp3) is 0.471. The maximum atomic E-state index is 12.2. The molecule has 1 aromatic heterocycles. The molecule has 0 aliphatic carbocycles. The van der Waals surface area contributed by atoms with Gasteiger partial charge in [-0.2, -0.15) is 0 Å². The zero-order chi connectivity index (χ0) is 15.6. The Bertz CT molecular complexity index is 643. The summed E-state index contributed by atoms with van der Waals surface area (Å²) in [6, 6.07) is 10.1. The second kappa shape index (κ2) is 5.90. The lowest BCUT2D eigenvalue weighted by molar-refractivity contribution is -0.149. The lowest BCUT2D eigenvalue weighted by Crippen LogP contribution is -2.27. The summed E-state index contributed by atoms with van der Waals surface area (Å²) in [4.78, 5) is 12.2. The third-order valence-electron chi connectivity index (χ3n) is 3.82. The van der Waals surface area contributed by atoms with Crippen LogP contribution in [0.1, 0.15) is 32.4 Å². The minimum Gasteiger partial charge on any atom is -0.465 e. The Balaban J connectivity index is 2.16. The topological polar surface area (TPSA) is 51.5 Å². The molecule has 4 heteroatoms. The lowest BCUT2D eigenvalue weighted by atomic mass is 9.96. The van der Waals surface area contributed by atoms with E-state index in [1.54, 1.807) is 0 Å². The van der Waals surface area contributed by atoms with Crippen LogP contribution in [0.2, 0.25) is 0 Å². The molecule has 2 rings (SSSR count). The van der Waals surface area contributed by atoms with Crippen molar-refractivity contribution in [3.63, 3.8) is 0 Å². The van der Waals surface area contributed by atoms with Crippen LogP contribution in [0, 0.1) is 5.41 Å². The number of carbonyl (C=O) groups is 1. The van der Waals surface area contributed by atoms with E-state index in [1.165, 1.54) is 0 Å². The number of rotatable bonds is 5. The third-order valence-corrected chi connectivity index (χ3v) is 3.82. The summed E-state index contributed by atoms with van der Waals surface area (Å²) in [6.45, 7) is 5.78. The Labute approximate surface area is 125 Å². The van der Waals surface area contributed by atoms with E-state index in [0.717, 1.165) is 16.6 Å². The molecule has 0 saturated carbocycles. The number of hydrogen-bond acceptors (Lipinski definition) is 3. The number of ether oxygens (including phenoxy) is 1. The summed E-state index contributed by atoms with van der Waals surface area (Å²) in [7, 11) is 1.96. The van der Waals surface area contributed by atoms with Crippen LogP contribution in [-0.2, 0) is 16.6 Å². The van der Waals surface area contributed by atoms with Crippen LogP contribution in [-0.4, -0.2) is 28.9 Å². The van der Waals surface area contributed by atoms with Crippen LogP contribution in [0.4, 0.5) is 0 Å². The number of hydrogen-bond donors (Lipinski definition) is 1. The Kier molecular flexibility index (Phi) is 4.37. The van der Waals surface area contributed by atoms with Crippen molar-refractivity contribution in [3.05, 3.63) is 36.0 Å². The van der Waals surface area contributed by atoms with Crippen molar-refractivity contribution in [3.8, 4) is 0 Å². The van der Waals surface area contributed by atoms with Crippen LogP contribution in [0.5, 0.6) is 0 Å². The van der Waals surface area contributed by atoms with Crippen molar-refractivity contribution < 1.29 is 14.6 Å². The summed E-state index contributed by atoms with van der Waals surface area (Å²) in [5, 5.41) is 10.3. The van der Waals surface area contributed by atoms with E-state index in [0.29, 0.717) is 0 Å². The number of aliphatic hydroxyl groups is 1. The number of aryl methyl sites for hydroxylation is 1. The van der Waals surface area contributed by atoms with Gasteiger partial charge < -0.3 is 14.4 Å². The number of para-hydroxylation sites is 1. The first-order valence-electron chi connectivity index (χ1n) is 7.17. The Hall–Kier alpha value is -1.81. The van der Waals surface area contributed by atoms with Crippen molar-refractivity contribution in [2.24, 2.45) is 12.5 Å². The molecule has 0 bridgehead atoms. The first kappa shape index (κ1) is 15.6. The maximum Gasteiger partial charge on any atom is 0.314 e. The third kappa shape index (κ3) is 3.27. The van der Waals surface area contributed by atoms with Crippen molar-refractivity contribution >= 4 is 16.9 Å². The molecule has 1 atom stereocenters. The van der Waals surface area contributed by atoms with E-state index in [-0.39, 0.29) is 25.1 Å². The first-order valence-corrected chi connectivity index (χ1v) is 7.17. The van der Waals surface area contributed by atoms with Gasteiger partial charge in [-0.05, 0) is 24.4 Å². The van der Waals surface area contributed by atoms with E-state index in [4.69, 9.17) is 4.74 Å². The highest BCUT2D eigenvalue weighted by atomic mass is 16.5. The lowest BCUT2D eigenvalue weighted by Gasteiger charge is -2.22. The molecule has 114 valence electrons. The molecule has 21 heavy (non-hydrogen) atoms. The molecule has 0 radical (unpaired) electrons. The molecule has 0 saturated heterocycles. The van der Waals surface area contributed by atoms with Gasteiger partial charge in [-0.1, -0.05) is 32.0 Å². The van der Waals surface area contributed by atoms with Crippen molar-refractivity contribution in [1.82, 2.24) is 4.57 Å². The molecule has 1 heterocycles. The Morgan fingerprint density at radius 1 is 1.38 bits per heavy atom. The second-order valence-electron chi connectivity index (χ2n) is 6.34. The summed E-state index contributed by atoms with van der Waals surface area (Å²) in [6.07, 6.45) is 0. The van der Waals surface area contributed by atoms with Crippen molar-refractivity contribution in [2.45, 2.75) is 26.7 Å². The van der Waals surface area contributed by atoms with Crippen LogP contribution in [0.25, 0.3) is 10.9 Å². The molecule has 0 amide bonds. The first-order chi connectivity index (χ1) is 9.85. The molecular formula is C17H23NO3. The largest absolute Gasteiger partial charge is 0.465 e. The van der Waals surface area contributed by atoms with E-state index < -0.39 is 5.41 Å². The zero-order valence-corrected chi connectivity index (χ0v) is 13.1. The molecule has 0 fully saturated rings. The summed E-state index contributed by atoms with van der Waals surface area (Å²) < 4.78 is 7.38. The van der Waals surface area contributed by atoms with Gasteiger partial charge in [0.25, 0.3) is 0 Å². The molecular weight excluding hydrogens is 266 g/mol. The van der Waals surface area contributed by atoms with Gasteiger partial charge in [0.15, 0.2) is 0 Å². The van der Waals surface area contributed by atoms with Gasteiger partial charge in [-0.15, -0.1) is 0 Å². The van der Waals surface area contributed by atoms with Crippen LogP contribution >= 0.6 is 0 Å². The Morgan fingerprint density at radius 2 is 2.05 bits per heavy atom. The highest BCUT2D eigenvalue weighted by Crippen LogP contribution is 2.26. The fourth-order valence-corrected chi connectivity index (χ4v) is 2.28. The number of fused-ring (bicyclic) bond motifs is 1. The van der Waals surface area contributed by atoms with Gasteiger partial charge in [0, 0.05) is 23.7 Å². The monoisotopic (exact) mass is 289 g/mol. The van der Waals surface area contributed by atoms with E-state index in [2.05, 4.69) is 0 Å². The van der Waals surface area contributed by atoms with Gasteiger partial charge in [0.2, 0.25) is 0 Å². The fourth-order valence-electron chi connectivity index (χ4n) is 2.28. The van der Waals surface area contributed by atoms with E-state index >= 15 is 0 Å². The van der Waals surface area contributed by atoms with E-state index in [9.17, 15) is 9.90 Å². The minimum atomic E-state index is -0.408. The van der Waals surface area contributed by atoms with Crippen molar-refractivity contribution in [2.75, 3.05) is 13.2 Å². The van der Waals surface area contributed by atoms with Crippen molar-refractivity contribution in [1.29, 1.82) is 0 Å². The minimum absolute atomic E-state index is 0.0112. The number of benzene rings is 1. The molecule has 4 nitrogen and oxygen atoms in total. The summed E-state index contributed by atoms with van der Waals surface area (Å²) >= 11 is 0. The number of nitrogens with zero attached hydrogens (tertiary/aromatic N) is 1. The van der Waals surface area contributed by atoms with Gasteiger partial charge in [0.1, 0.15) is 0 Å². The predicted molar refractivity (Wildman–Crippen MR) is 83.2 cm³/mol. The molecule has 0 unspecified atom stereocenters. The molecule has 0 aliphatic heterocycles. The second-order valence-corrected chi connectivity index (χ2v) is 6.34. The van der Waals surface area contributed by atoms with E-state index in [1.807, 2.05) is 62.7 Å². The van der Waals surface area contributed by atoms with Gasteiger partial charge in [-0.25, -0.2) is 0 Å². The molecule has 0 spiro atoms. The van der Waals surface area contributed by atoms with Crippen LogP contribution in [0.3, 0.4) is 0 Å². The van der Waals surface area contributed by atoms with Crippen LogP contribution in [0.15, 0.2) is 30.3 Å². The molecule has 1 N–H and O–H groups in total. The Morgan fingerprint density at radius 3 is 2.67 bits per heavy atom. The maximum absolute atomic E-state index is 12.2. The standard InChI is InChI=1S/C17H23NO3/c1-12(16(20)21-11-17(2,3)10-19)15-9-13-7-5-6-8-14(13)18(15)4/h5-9,12,19H,10-11H2,1-4H3/t12-/m1/s1. The molecule has 0 aliphatic rings. The average Bonchev–Trinajstić information content (AvgIpc) is 2.82.